The number of halogens is 8. The Morgan fingerprint density at radius 3 is 1.56 bits per heavy atom. The van der Waals surface area contributed by atoms with Crippen LogP contribution in [0.1, 0.15) is 110 Å². The van der Waals surface area contributed by atoms with Crippen LogP contribution < -0.4 is 9.47 Å². The quantitative estimate of drug-likeness (QED) is 0.0375. The van der Waals surface area contributed by atoms with Crippen molar-refractivity contribution in [3.05, 3.63) is 70.5 Å². The van der Waals surface area contributed by atoms with Crippen molar-refractivity contribution in [2.24, 2.45) is 0 Å². The average molecular weight is 627 g/mol. The molecule has 0 unspecified atom stereocenters. The first-order chi connectivity index (χ1) is 20.4. The van der Waals surface area contributed by atoms with Gasteiger partial charge < -0.3 is 9.47 Å². The molecule has 0 heterocycles. The molecular weight excluding hydrogens is 584 g/mol. The molecule has 2 aromatic rings. The summed E-state index contributed by atoms with van der Waals surface area (Å²) < 4.78 is 117. The Kier molecular flexibility index (Phi) is 20.0. The molecule has 0 aliphatic carbocycles. The van der Waals surface area contributed by atoms with Crippen molar-refractivity contribution in [1.29, 1.82) is 0 Å². The van der Waals surface area contributed by atoms with Gasteiger partial charge in [0.25, 0.3) is 0 Å². The van der Waals surface area contributed by atoms with E-state index in [1.807, 2.05) is 13.8 Å². The Labute approximate surface area is 249 Å². The van der Waals surface area contributed by atoms with Crippen LogP contribution in [0.25, 0.3) is 0 Å². The number of benzene rings is 2. The molecule has 43 heavy (non-hydrogen) atoms. The van der Waals surface area contributed by atoms with Gasteiger partial charge in [0, 0.05) is 24.5 Å². The molecule has 0 N–H and O–H groups in total. The zero-order chi connectivity index (χ0) is 33.1. The molecule has 244 valence electrons. The van der Waals surface area contributed by atoms with Crippen molar-refractivity contribution in [2.75, 3.05) is 0 Å². The molecule has 2 rings (SSSR count). The Hall–Kier alpha value is -3.11. The lowest BCUT2D eigenvalue weighted by Gasteiger charge is -2.11. The van der Waals surface area contributed by atoms with E-state index in [9.17, 15) is 39.9 Å². The third kappa shape index (κ3) is 13.4. The molecule has 0 spiro atoms. The van der Waals surface area contributed by atoms with Crippen LogP contribution in [-0.2, 0) is 4.79 Å². The Morgan fingerprint density at radius 1 is 0.605 bits per heavy atom. The summed E-state index contributed by atoms with van der Waals surface area (Å²) in [6, 6.07) is 0.193. The fourth-order valence-electron chi connectivity index (χ4n) is 3.50. The lowest BCUT2D eigenvalue weighted by molar-refractivity contribution is -0.134. The van der Waals surface area contributed by atoms with E-state index < -0.39 is 69.6 Å². The van der Waals surface area contributed by atoms with Crippen LogP contribution in [0.5, 0.6) is 11.5 Å². The van der Waals surface area contributed by atoms with Crippen molar-refractivity contribution in [1.82, 2.24) is 0 Å². The van der Waals surface area contributed by atoms with E-state index in [2.05, 4.69) is 20.4 Å². The van der Waals surface area contributed by atoms with Gasteiger partial charge in [0.05, 0.1) is 5.76 Å². The second kappa shape index (κ2) is 21.6. The zero-order valence-electron chi connectivity index (χ0n) is 25.5. The maximum Gasteiger partial charge on any atom is 0.311 e. The minimum Gasteiger partial charge on any atom is -0.456 e. The average Bonchev–Trinajstić information content (AvgIpc) is 3.00. The van der Waals surface area contributed by atoms with Crippen LogP contribution in [-0.4, -0.2) is 5.97 Å². The van der Waals surface area contributed by atoms with Crippen LogP contribution in [0.15, 0.2) is 18.4 Å². The molecule has 0 saturated heterocycles. The lowest BCUT2D eigenvalue weighted by atomic mass is 10.1. The summed E-state index contributed by atoms with van der Waals surface area (Å²) in [5, 5.41) is 0. The largest absolute Gasteiger partial charge is 0.456 e. The maximum atomic E-state index is 13.8. The van der Waals surface area contributed by atoms with Crippen molar-refractivity contribution in [3.8, 4) is 11.5 Å². The van der Waals surface area contributed by atoms with Crippen molar-refractivity contribution in [3.63, 3.8) is 0 Å². The number of hydrogen-bond acceptors (Lipinski definition) is 3. The number of ether oxygens (including phenoxy) is 2. The summed E-state index contributed by atoms with van der Waals surface area (Å²) in [6.07, 6.45) is 8.53. The van der Waals surface area contributed by atoms with Gasteiger partial charge in [-0.15, -0.1) is 0 Å². The fourth-order valence-corrected chi connectivity index (χ4v) is 3.50. The van der Waals surface area contributed by atoms with Gasteiger partial charge in [-0.2, -0.15) is 8.78 Å². The highest BCUT2D eigenvalue weighted by Gasteiger charge is 2.26. The van der Waals surface area contributed by atoms with Crippen LogP contribution in [0.4, 0.5) is 35.1 Å². The Balaban J connectivity index is 0.00000270. The predicted molar refractivity (Wildman–Crippen MR) is 151 cm³/mol. The standard InChI is InChI=1S/C26H26F8O3.C4H10.C2H6/c1-14(36-26-17(28)13-16(27)20(30)23(26)33)11-9-7-5-3-4-6-8-10-12-18(35)37-25-15(2)19(29)21(31)22(32)24(25)34;1-3-4-2;1-2/h13H,1,3-12H2,2H3;3-4H2,1-2H3;1-2H3. The van der Waals surface area contributed by atoms with E-state index in [0.717, 1.165) is 39.0 Å². The number of unbranched alkanes of at least 4 members (excludes halogenated alkanes) is 8. The van der Waals surface area contributed by atoms with Crippen LogP contribution in [0, 0.1) is 53.5 Å². The third-order valence-corrected chi connectivity index (χ3v) is 6.07. The van der Waals surface area contributed by atoms with Gasteiger partial charge in [-0.1, -0.05) is 85.6 Å². The number of rotatable bonds is 15. The van der Waals surface area contributed by atoms with E-state index in [1.165, 1.54) is 12.8 Å². The highest BCUT2D eigenvalue weighted by Crippen LogP contribution is 2.31. The predicted octanol–water partition coefficient (Wildman–Crippen LogP) is 11.3. The number of carbonyl (C=O) groups is 1. The van der Waals surface area contributed by atoms with Crippen LogP contribution in [0.3, 0.4) is 0 Å². The van der Waals surface area contributed by atoms with Gasteiger partial charge in [-0.3, -0.25) is 4.79 Å². The van der Waals surface area contributed by atoms with Crippen molar-refractivity contribution >= 4 is 5.97 Å². The highest BCUT2D eigenvalue weighted by atomic mass is 19.2. The van der Waals surface area contributed by atoms with E-state index >= 15 is 0 Å². The van der Waals surface area contributed by atoms with Crippen LogP contribution >= 0.6 is 0 Å². The van der Waals surface area contributed by atoms with Crippen molar-refractivity contribution in [2.45, 2.75) is 112 Å². The molecule has 0 aliphatic rings. The van der Waals surface area contributed by atoms with Gasteiger partial charge in [-0.05, 0) is 19.8 Å². The first kappa shape index (κ1) is 39.9. The monoisotopic (exact) mass is 626 g/mol. The molecule has 0 atom stereocenters. The zero-order valence-corrected chi connectivity index (χ0v) is 25.5. The molecule has 0 radical (unpaired) electrons. The molecule has 3 nitrogen and oxygen atoms in total. The molecule has 2 aromatic carbocycles. The fraction of sp³-hybridized carbons (Fsp3) is 0.531. The third-order valence-electron chi connectivity index (χ3n) is 6.07. The topological polar surface area (TPSA) is 35.5 Å². The Bertz CT molecular complexity index is 1140. The summed E-state index contributed by atoms with van der Waals surface area (Å²) >= 11 is 0. The molecule has 0 saturated carbocycles. The molecule has 0 amide bonds. The molecular formula is C32H42F8O3. The first-order valence-corrected chi connectivity index (χ1v) is 14.6. The number of esters is 1. The van der Waals surface area contributed by atoms with E-state index in [1.54, 1.807) is 0 Å². The summed E-state index contributed by atoms with van der Waals surface area (Å²) in [7, 11) is 0. The van der Waals surface area contributed by atoms with Crippen molar-refractivity contribution < 1.29 is 49.4 Å². The van der Waals surface area contributed by atoms with Gasteiger partial charge in [0.2, 0.25) is 23.2 Å². The minimum atomic E-state index is -2.05. The SMILES string of the molecule is C=C(CCCCCCCCCCC(=O)Oc1c(C)c(F)c(F)c(F)c1F)Oc1c(F)cc(F)c(F)c1F.CC.CCCC. The smallest absolute Gasteiger partial charge is 0.311 e. The van der Waals surface area contributed by atoms with E-state index in [0.29, 0.717) is 19.3 Å². The van der Waals surface area contributed by atoms with Crippen LogP contribution in [0.2, 0.25) is 0 Å². The minimum absolute atomic E-state index is 0.0110. The van der Waals surface area contributed by atoms with Gasteiger partial charge >= 0.3 is 5.97 Å². The molecule has 0 aliphatic heterocycles. The second-order valence-corrected chi connectivity index (χ2v) is 9.45. The van der Waals surface area contributed by atoms with E-state index in [4.69, 9.17) is 9.47 Å². The Morgan fingerprint density at radius 2 is 1.05 bits per heavy atom. The number of allylic oxidation sites excluding steroid dienone is 1. The lowest BCUT2D eigenvalue weighted by Crippen LogP contribution is -2.12. The second-order valence-electron chi connectivity index (χ2n) is 9.45. The molecule has 0 aromatic heterocycles. The maximum absolute atomic E-state index is 13.8. The summed E-state index contributed by atoms with van der Waals surface area (Å²) in [4.78, 5) is 11.8. The number of carbonyl (C=O) groups excluding carboxylic acids is 1. The van der Waals surface area contributed by atoms with Gasteiger partial charge in [-0.25, -0.2) is 26.3 Å². The molecule has 11 heteroatoms. The van der Waals surface area contributed by atoms with Gasteiger partial charge in [0.1, 0.15) is 0 Å². The first-order valence-electron chi connectivity index (χ1n) is 14.6. The molecule has 0 fully saturated rings. The van der Waals surface area contributed by atoms with Gasteiger partial charge in [0.15, 0.2) is 34.8 Å². The number of hydrogen-bond donors (Lipinski definition) is 0. The summed E-state index contributed by atoms with van der Waals surface area (Å²) in [5.74, 6) is -16.9. The molecule has 0 bridgehead atoms. The highest BCUT2D eigenvalue weighted by molar-refractivity contribution is 5.72. The normalized spacial score (nSPS) is 10.3. The van der Waals surface area contributed by atoms with E-state index in [-0.39, 0.29) is 24.7 Å². The summed E-state index contributed by atoms with van der Waals surface area (Å²) in [6.45, 7) is 12.9. The summed E-state index contributed by atoms with van der Waals surface area (Å²) in [5.41, 5.74) is -0.636.